The van der Waals surface area contributed by atoms with Crippen LogP contribution in [0.25, 0.3) is 16.9 Å². The Balaban J connectivity index is 1.41. The number of halogens is 7. The number of carbonyl (C=O) groups excluding carboxylic acids is 2. The van der Waals surface area contributed by atoms with Crippen LogP contribution >= 0.6 is 0 Å². The van der Waals surface area contributed by atoms with Crippen molar-refractivity contribution >= 4 is 11.8 Å². The van der Waals surface area contributed by atoms with Gasteiger partial charge in [-0.15, -0.1) is 0 Å². The smallest absolute Gasteiger partial charge is 0.416 e. The van der Waals surface area contributed by atoms with Gasteiger partial charge < -0.3 is 19.1 Å². The van der Waals surface area contributed by atoms with Gasteiger partial charge in [0.1, 0.15) is 11.6 Å². The number of benzene rings is 3. The number of rotatable bonds is 5. The van der Waals surface area contributed by atoms with Crippen molar-refractivity contribution < 1.29 is 45.1 Å². The lowest BCUT2D eigenvalue weighted by Gasteiger charge is -2.35. The SMILES string of the molecule is COc1ccc(-c2cc(C(=O)N3CCN(C(=O)c4cc(C(F)(F)F)cc(C(F)(F)F)c4)CC3)c(C)n2-c2ccccc2F)cc1. The zero-order chi connectivity index (χ0) is 32.7. The molecule has 1 fully saturated rings. The molecule has 1 saturated heterocycles. The molecule has 1 aliphatic heterocycles. The highest BCUT2D eigenvalue weighted by atomic mass is 19.4. The molecule has 0 bridgehead atoms. The molecule has 5 rings (SSSR count). The maximum absolute atomic E-state index is 15.0. The van der Waals surface area contributed by atoms with E-state index >= 15 is 0 Å². The molecule has 2 amide bonds. The topological polar surface area (TPSA) is 54.8 Å². The van der Waals surface area contributed by atoms with Gasteiger partial charge in [-0.1, -0.05) is 12.1 Å². The van der Waals surface area contributed by atoms with E-state index in [2.05, 4.69) is 0 Å². The number of hydrogen-bond donors (Lipinski definition) is 0. The average Bonchev–Trinajstić information content (AvgIpc) is 3.36. The maximum atomic E-state index is 15.0. The number of aromatic nitrogens is 1. The van der Waals surface area contributed by atoms with Gasteiger partial charge in [0.05, 0.1) is 35.2 Å². The summed E-state index contributed by atoms with van der Waals surface area (Å²) in [6.07, 6.45) is -10.2. The van der Waals surface area contributed by atoms with Crippen LogP contribution in [0, 0.1) is 12.7 Å². The number of hydrogen-bond acceptors (Lipinski definition) is 3. The van der Waals surface area contributed by atoms with Crippen molar-refractivity contribution in [2.45, 2.75) is 19.3 Å². The minimum atomic E-state index is -5.09. The van der Waals surface area contributed by atoms with Gasteiger partial charge in [-0.3, -0.25) is 9.59 Å². The van der Waals surface area contributed by atoms with Crippen LogP contribution in [0.5, 0.6) is 5.75 Å². The Hall–Kier alpha value is -4.81. The lowest BCUT2D eigenvalue weighted by atomic mass is 10.0. The van der Waals surface area contributed by atoms with E-state index in [4.69, 9.17) is 4.74 Å². The van der Waals surface area contributed by atoms with Crippen LogP contribution in [-0.2, 0) is 12.4 Å². The van der Waals surface area contributed by atoms with Crippen molar-refractivity contribution in [3.05, 3.63) is 107 Å². The summed E-state index contributed by atoms with van der Waals surface area (Å²) in [5, 5.41) is 0. The summed E-state index contributed by atoms with van der Waals surface area (Å²) in [7, 11) is 1.52. The zero-order valence-electron chi connectivity index (χ0n) is 24.0. The second-order valence-electron chi connectivity index (χ2n) is 10.4. The first-order valence-electron chi connectivity index (χ1n) is 13.7. The second-order valence-corrected chi connectivity index (χ2v) is 10.4. The van der Waals surface area contributed by atoms with Crippen molar-refractivity contribution in [3.8, 4) is 22.7 Å². The first-order valence-corrected chi connectivity index (χ1v) is 13.7. The van der Waals surface area contributed by atoms with Crippen molar-refractivity contribution in [1.82, 2.24) is 14.4 Å². The highest BCUT2D eigenvalue weighted by molar-refractivity contribution is 5.98. The highest BCUT2D eigenvalue weighted by Gasteiger charge is 2.38. The predicted molar refractivity (Wildman–Crippen MR) is 151 cm³/mol. The first kappa shape index (κ1) is 31.6. The zero-order valence-corrected chi connectivity index (χ0v) is 24.0. The van der Waals surface area contributed by atoms with Gasteiger partial charge in [-0.25, -0.2) is 4.39 Å². The van der Waals surface area contributed by atoms with Gasteiger partial charge >= 0.3 is 12.4 Å². The Morgan fingerprint density at radius 2 is 1.27 bits per heavy atom. The average molecular weight is 634 g/mol. The second kappa shape index (κ2) is 11.9. The van der Waals surface area contributed by atoms with Crippen LogP contribution < -0.4 is 4.74 Å². The number of ether oxygens (including phenoxy) is 1. The fourth-order valence-corrected chi connectivity index (χ4v) is 5.29. The Labute approximate surface area is 253 Å². The number of nitrogens with zero attached hydrogens (tertiary/aromatic N) is 3. The van der Waals surface area contributed by atoms with Crippen molar-refractivity contribution in [3.63, 3.8) is 0 Å². The molecule has 0 radical (unpaired) electrons. The molecule has 0 aliphatic carbocycles. The first-order chi connectivity index (χ1) is 21.2. The monoisotopic (exact) mass is 633 g/mol. The van der Waals surface area contributed by atoms with Crippen molar-refractivity contribution in [2.75, 3.05) is 33.3 Å². The lowest BCUT2D eigenvalue weighted by molar-refractivity contribution is -0.143. The molecule has 4 aromatic rings. The lowest BCUT2D eigenvalue weighted by Crippen LogP contribution is -2.50. The molecule has 13 heteroatoms. The predicted octanol–water partition coefficient (Wildman–Crippen LogP) is 7.24. The summed E-state index contributed by atoms with van der Waals surface area (Å²) in [4.78, 5) is 29.3. The van der Waals surface area contributed by atoms with Gasteiger partial charge in [0.15, 0.2) is 0 Å². The van der Waals surface area contributed by atoms with Crippen LogP contribution in [0.3, 0.4) is 0 Å². The quantitative estimate of drug-likeness (QED) is 0.218. The fourth-order valence-electron chi connectivity index (χ4n) is 5.29. The molecule has 0 saturated carbocycles. The molecule has 45 heavy (non-hydrogen) atoms. The van der Waals surface area contributed by atoms with Gasteiger partial charge in [0, 0.05) is 37.4 Å². The van der Waals surface area contributed by atoms with Gasteiger partial charge in [0.25, 0.3) is 11.8 Å². The van der Waals surface area contributed by atoms with E-state index in [0.29, 0.717) is 34.8 Å². The molecule has 1 aromatic heterocycles. The molecule has 0 atom stereocenters. The van der Waals surface area contributed by atoms with E-state index < -0.39 is 46.7 Å². The molecule has 2 heterocycles. The molecule has 6 nitrogen and oxygen atoms in total. The van der Waals surface area contributed by atoms with E-state index in [1.807, 2.05) is 0 Å². The third kappa shape index (κ3) is 6.38. The minimum absolute atomic E-state index is 0.0299. The number of amides is 2. The standard InChI is InChI=1S/C32H26F7N3O3/c1-19-25(18-28(20-7-9-24(45-2)10-8-20)42(19)27-6-4-3-5-26(27)33)30(44)41-13-11-40(12-14-41)29(43)21-15-22(31(34,35)36)17-23(16-21)32(37,38)39/h3-10,15-18H,11-14H2,1-2H3. The van der Waals surface area contributed by atoms with Gasteiger partial charge in [0.2, 0.25) is 0 Å². The minimum Gasteiger partial charge on any atom is -0.497 e. The number of carbonyl (C=O) groups is 2. The van der Waals surface area contributed by atoms with Gasteiger partial charge in [-0.2, -0.15) is 26.3 Å². The number of piperazine rings is 1. The normalized spacial score (nSPS) is 14.1. The summed E-state index contributed by atoms with van der Waals surface area (Å²) in [6.45, 7) is 1.36. The van der Waals surface area contributed by atoms with Crippen molar-refractivity contribution in [2.24, 2.45) is 0 Å². The van der Waals surface area contributed by atoms with Crippen LogP contribution in [0.15, 0.2) is 72.8 Å². The van der Waals surface area contributed by atoms with Crippen LogP contribution in [0.4, 0.5) is 30.7 Å². The highest BCUT2D eigenvalue weighted by Crippen LogP contribution is 2.37. The summed E-state index contributed by atoms with van der Waals surface area (Å²) in [5.41, 5.74) is -1.80. The molecule has 3 aromatic carbocycles. The Kier molecular flexibility index (Phi) is 8.39. The summed E-state index contributed by atoms with van der Waals surface area (Å²) in [6, 6.07) is 15.4. The summed E-state index contributed by atoms with van der Waals surface area (Å²) in [5.74, 6) is -1.35. The van der Waals surface area contributed by atoms with E-state index in [1.54, 1.807) is 60.0 Å². The number of alkyl halides is 6. The fraction of sp³-hybridized carbons (Fsp3) is 0.250. The Morgan fingerprint density at radius 1 is 0.733 bits per heavy atom. The van der Waals surface area contributed by atoms with E-state index in [9.17, 15) is 40.3 Å². The molecule has 0 N–H and O–H groups in total. The molecular formula is C32H26F7N3O3. The van der Waals surface area contributed by atoms with Crippen LogP contribution in [-0.4, -0.2) is 59.5 Å². The third-order valence-corrected chi connectivity index (χ3v) is 7.65. The Morgan fingerprint density at radius 3 is 1.78 bits per heavy atom. The van der Waals surface area contributed by atoms with Gasteiger partial charge in [-0.05, 0) is 73.2 Å². The van der Waals surface area contributed by atoms with Crippen LogP contribution in [0.2, 0.25) is 0 Å². The van der Waals surface area contributed by atoms with Crippen LogP contribution in [0.1, 0.15) is 37.5 Å². The van der Waals surface area contributed by atoms with E-state index in [-0.39, 0.29) is 43.5 Å². The number of para-hydroxylation sites is 1. The molecule has 0 unspecified atom stereocenters. The summed E-state index contributed by atoms with van der Waals surface area (Å²) < 4.78 is 102. The largest absolute Gasteiger partial charge is 0.497 e. The molecule has 1 aliphatic rings. The Bertz CT molecular complexity index is 1700. The number of methoxy groups -OCH3 is 1. The maximum Gasteiger partial charge on any atom is 0.416 e. The molecule has 236 valence electrons. The molecular weight excluding hydrogens is 607 g/mol. The third-order valence-electron chi connectivity index (χ3n) is 7.65. The molecule has 0 spiro atoms. The van der Waals surface area contributed by atoms with E-state index in [1.165, 1.54) is 18.1 Å². The van der Waals surface area contributed by atoms with Crippen molar-refractivity contribution in [1.29, 1.82) is 0 Å². The van der Waals surface area contributed by atoms with E-state index in [0.717, 1.165) is 4.90 Å². The summed E-state index contributed by atoms with van der Waals surface area (Å²) >= 11 is 0.